The van der Waals surface area contributed by atoms with Gasteiger partial charge in [0.15, 0.2) is 9.84 Å². The van der Waals surface area contributed by atoms with Crippen molar-refractivity contribution in [3.05, 3.63) is 17.0 Å². The van der Waals surface area contributed by atoms with E-state index in [2.05, 4.69) is 23.7 Å². The number of fused-ring (bicyclic) bond motifs is 1. The number of sulfone groups is 1. The molecular formula is C13H19NO2S3. The highest BCUT2D eigenvalue weighted by Crippen LogP contribution is 2.44. The number of thioether (sulfide) groups is 1. The SMILES string of the molecule is C[C@H]1CC(NC2CCCS(=O)(=O)C2)c2ccsc2S1. The number of hydrogen-bond acceptors (Lipinski definition) is 5. The maximum absolute atomic E-state index is 11.7. The van der Waals surface area contributed by atoms with Crippen LogP contribution in [0.1, 0.15) is 37.8 Å². The van der Waals surface area contributed by atoms with Crippen molar-refractivity contribution >= 4 is 32.9 Å². The molecule has 1 N–H and O–H groups in total. The zero-order valence-corrected chi connectivity index (χ0v) is 13.4. The second kappa shape index (κ2) is 5.39. The molecule has 0 saturated carbocycles. The molecule has 0 aliphatic carbocycles. The van der Waals surface area contributed by atoms with Crippen molar-refractivity contribution in [3.63, 3.8) is 0 Å². The Hall–Kier alpha value is -0.0400. The third kappa shape index (κ3) is 3.17. The standard InChI is InChI=1S/C13H19NO2S3/c1-9-7-12(11-4-5-17-13(11)18-9)14-10-3-2-6-19(15,16)8-10/h4-5,9-10,12,14H,2-3,6-8H2,1H3/t9-,10?,12?/m0/s1. The predicted octanol–water partition coefficient (Wildman–Crippen LogP) is 2.84. The minimum atomic E-state index is -2.83. The van der Waals surface area contributed by atoms with Crippen molar-refractivity contribution in [2.24, 2.45) is 0 Å². The van der Waals surface area contributed by atoms with Gasteiger partial charge in [-0.1, -0.05) is 6.92 Å². The minimum Gasteiger partial charge on any atom is -0.306 e. The van der Waals surface area contributed by atoms with Crippen molar-refractivity contribution in [2.45, 2.75) is 47.7 Å². The molecule has 6 heteroatoms. The molecule has 2 aliphatic heterocycles. The van der Waals surface area contributed by atoms with Gasteiger partial charge in [-0.05, 0) is 36.3 Å². The van der Waals surface area contributed by atoms with Crippen molar-refractivity contribution in [1.82, 2.24) is 5.32 Å². The lowest BCUT2D eigenvalue weighted by Crippen LogP contribution is -2.43. The molecule has 2 unspecified atom stereocenters. The molecule has 3 atom stereocenters. The van der Waals surface area contributed by atoms with Gasteiger partial charge in [-0.15, -0.1) is 23.1 Å². The van der Waals surface area contributed by atoms with Gasteiger partial charge in [-0.3, -0.25) is 0 Å². The van der Waals surface area contributed by atoms with Gasteiger partial charge in [0.1, 0.15) is 0 Å². The van der Waals surface area contributed by atoms with E-state index < -0.39 is 9.84 Å². The summed E-state index contributed by atoms with van der Waals surface area (Å²) in [7, 11) is -2.83. The summed E-state index contributed by atoms with van der Waals surface area (Å²) in [4.78, 5) is 0. The smallest absolute Gasteiger partial charge is 0.151 e. The van der Waals surface area contributed by atoms with Crippen LogP contribution in [-0.2, 0) is 9.84 Å². The summed E-state index contributed by atoms with van der Waals surface area (Å²) >= 11 is 3.74. The molecule has 0 bridgehead atoms. The van der Waals surface area contributed by atoms with Crippen molar-refractivity contribution in [1.29, 1.82) is 0 Å². The van der Waals surface area contributed by atoms with Crippen LogP contribution in [-0.4, -0.2) is 31.2 Å². The Kier molecular flexibility index (Phi) is 3.95. The minimum absolute atomic E-state index is 0.131. The number of rotatable bonds is 2. The normalized spacial score (nSPS) is 33.8. The number of nitrogens with one attached hydrogen (secondary N) is 1. The lowest BCUT2D eigenvalue weighted by molar-refractivity contribution is 0.400. The molecule has 1 aromatic rings. The third-order valence-electron chi connectivity index (χ3n) is 3.81. The van der Waals surface area contributed by atoms with Crippen molar-refractivity contribution < 1.29 is 8.42 Å². The molecule has 19 heavy (non-hydrogen) atoms. The summed E-state index contributed by atoms with van der Waals surface area (Å²) in [6.07, 6.45) is 2.87. The highest BCUT2D eigenvalue weighted by Gasteiger charge is 2.31. The summed E-state index contributed by atoms with van der Waals surface area (Å²) in [6, 6.07) is 2.65. The zero-order valence-electron chi connectivity index (χ0n) is 11.0. The maximum Gasteiger partial charge on any atom is 0.151 e. The van der Waals surface area contributed by atoms with E-state index in [9.17, 15) is 8.42 Å². The van der Waals surface area contributed by atoms with Crippen LogP contribution in [0.5, 0.6) is 0 Å². The maximum atomic E-state index is 11.7. The van der Waals surface area contributed by atoms with E-state index in [1.807, 2.05) is 11.8 Å². The Morgan fingerprint density at radius 2 is 2.26 bits per heavy atom. The van der Waals surface area contributed by atoms with Crippen LogP contribution in [0.2, 0.25) is 0 Å². The van der Waals surface area contributed by atoms with Gasteiger partial charge in [-0.25, -0.2) is 8.42 Å². The third-order valence-corrected chi connectivity index (χ3v) is 7.97. The van der Waals surface area contributed by atoms with E-state index in [4.69, 9.17) is 0 Å². The molecule has 1 saturated heterocycles. The van der Waals surface area contributed by atoms with E-state index in [1.165, 1.54) is 9.77 Å². The fourth-order valence-electron chi connectivity index (χ4n) is 2.95. The van der Waals surface area contributed by atoms with E-state index in [0.717, 1.165) is 19.3 Å². The molecule has 0 aromatic carbocycles. The van der Waals surface area contributed by atoms with Crippen molar-refractivity contribution in [3.8, 4) is 0 Å². The highest BCUT2D eigenvalue weighted by atomic mass is 32.2. The lowest BCUT2D eigenvalue weighted by Gasteiger charge is -2.32. The van der Waals surface area contributed by atoms with E-state index >= 15 is 0 Å². The second-order valence-electron chi connectivity index (χ2n) is 5.50. The van der Waals surface area contributed by atoms with Crippen LogP contribution in [0, 0.1) is 0 Å². The molecular weight excluding hydrogens is 298 g/mol. The monoisotopic (exact) mass is 317 g/mol. The summed E-state index contributed by atoms with van der Waals surface area (Å²) < 4.78 is 24.8. The fraction of sp³-hybridized carbons (Fsp3) is 0.692. The summed E-state index contributed by atoms with van der Waals surface area (Å²) in [5.74, 6) is 0.677. The largest absolute Gasteiger partial charge is 0.306 e. The number of hydrogen-bond donors (Lipinski definition) is 1. The lowest BCUT2D eigenvalue weighted by atomic mass is 10.0. The summed E-state index contributed by atoms with van der Waals surface area (Å²) in [5, 5.41) is 6.34. The van der Waals surface area contributed by atoms with Crippen molar-refractivity contribution in [2.75, 3.05) is 11.5 Å². The first-order chi connectivity index (χ1) is 9.03. The fourth-order valence-corrected chi connectivity index (χ4v) is 7.16. The Morgan fingerprint density at radius 1 is 1.42 bits per heavy atom. The van der Waals surface area contributed by atoms with E-state index in [0.29, 0.717) is 22.8 Å². The van der Waals surface area contributed by atoms with E-state index in [-0.39, 0.29) is 6.04 Å². The van der Waals surface area contributed by atoms with Crippen LogP contribution < -0.4 is 5.32 Å². The average molecular weight is 318 g/mol. The molecule has 1 fully saturated rings. The zero-order chi connectivity index (χ0) is 13.5. The molecule has 2 aliphatic rings. The van der Waals surface area contributed by atoms with Gasteiger partial charge in [0.05, 0.1) is 15.7 Å². The van der Waals surface area contributed by atoms with Gasteiger partial charge >= 0.3 is 0 Å². The van der Waals surface area contributed by atoms with Crippen LogP contribution in [0.15, 0.2) is 15.7 Å². The average Bonchev–Trinajstić information content (AvgIpc) is 2.75. The molecule has 0 amide bonds. The van der Waals surface area contributed by atoms with Crippen LogP contribution >= 0.6 is 23.1 Å². The first kappa shape index (κ1) is 13.9. The van der Waals surface area contributed by atoms with Gasteiger partial charge in [0.2, 0.25) is 0 Å². The molecule has 3 nitrogen and oxygen atoms in total. The molecule has 3 rings (SSSR count). The van der Waals surface area contributed by atoms with Gasteiger partial charge in [-0.2, -0.15) is 0 Å². The van der Waals surface area contributed by atoms with Gasteiger partial charge in [0.25, 0.3) is 0 Å². The van der Waals surface area contributed by atoms with Gasteiger partial charge < -0.3 is 5.32 Å². The molecule has 0 radical (unpaired) electrons. The van der Waals surface area contributed by atoms with Crippen LogP contribution in [0.3, 0.4) is 0 Å². The molecule has 1 aromatic heterocycles. The number of thiophene rings is 1. The first-order valence-corrected chi connectivity index (χ1v) is 10.3. The molecule has 0 spiro atoms. The first-order valence-electron chi connectivity index (χ1n) is 6.74. The Balaban J connectivity index is 1.74. The quantitative estimate of drug-likeness (QED) is 0.911. The Labute approximate surface area is 123 Å². The van der Waals surface area contributed by atoms with E-state index in [1.54, 1.807) is 11.3 Å². The topological polar surface area (TPSA) is 46.2 Å². The predicted molar refractivity (Wildman–Crippen MR) is 81.8 cm³/mol. The Morgan fingerprint density at radius 3 is 3.05 bits per heavy atom. The molecule has 3 heterocycles. The van der Waals surface area contributed by atoms with Crippen LogP contribution in [0.4, 0.5) is 0 Å². The summed E-state index contributed by atoms with van der Waals surface area (Å²) in [5.41, 5.74) is 1.37. The Bertz CT molecular complexity index is 552. The highest BCUT2D eigenvalue weighted by molar-refractivity contribution is 8.01. The van der Waals surface area contributed by atoms with Crippen LogP contribution in [0.25, 0.3) is 0 Å². The summed E-state index contributed by atoms with van der Waals surface area (Å²) in [6.45, 7) is 2.25. The molecule has 106 valence electrons. The van der Waals surface area contributed by atoms with Gasteiger partial charge in [0, 0.05) is 17.3 Å². The second-order valence-corrected chi connectivity index (χ2v) is 10.4.